The van der Waals surface area contributed by atoms with E-state index < -0.39 is 41.9 Å². The fraction of sp³-hybridized carbons (Fsp3) is 0.200. The van der Waals surface area contributed by atoms with Gasteiger partial charge < -0.3 is 14.8 Å². The molecule has 0 bridgehead atoms. The summed E-state index contributed by atoms with van der Waals surface area (Å²) in [5.41, 5.74) is 0.442. The summed E-state index contributed by atoms with van der Waals surface area (Å²) >= 11 is 5.99. The lowest BCUT2D eigenvalue weighted by atomic mass is 9.90. The molecule has 2 amide bonds. The van der Waals surface area contributed by atoms with Gasteiger partial charge in [-0.1, -0.05) is 23.7 Å². The van der Waals surface area contributed by atoms with Gasteiger partial charge in [0.05, 0.1) is 17.8 Å². The van der Waals surface area contributed by atoms with Crippen molar-refractivity contribution in [1.29, 1.82) is 0 Å². The molecule has 0 saturated heterocycles. The maximum absolute atomic E-state index is 14.1. The SMILES string of the molecule is O=C(Nc1ccc2c(c1)C(F)(F)C(F)(F)O2)N1CC(c2ccc(Cl)cc2)C(c2ccc(OC(F)F)cc2)=N1. The molecule has 5 rings (SSSR count). The van der Waals surface area contributed by atoms with Gasteiger partial charge >= 0.3 is 24.7 Å². The number of carbonyl (C=O) groups is 1. The molecule has 0 fully saturated rings. The van der Waals surface area contributed by atoms with Gasteiger partial charge in [0.1, 0.15) is 11.5 Å². The first kappa shape index (κ1) is 25.7. The Kier molecular flexibility index (Phi) is 6.38. The van der Waals surface area contributed by atoms with Gasteiger partial charge in [-0.3, -0.25) is 0 Å². The molecular formula is C25H16ClF6N3O3. The normalized spacial score (nSPS) is 19.1. The summed E-state index contributed by atoms with van der Waals surface area (Å²) in [4.78, 5) is 13.0. The third kappa shape index (κ3) is 4.71. The first-order valence-corrected chi connectivity index (χ1v) is 11.4. The fourth-order valence-electron chi connectivity index (χ4n) is 4.14. The van der Waals surface area contributed by atoms with Crippen LogP contribution in [0.3, 0.4) is 0 Å². The van der Waals surface area contributed by atoms with E-state index in [0.717, 1.165) is 22.7 Å². The highest BCUT2D eigenvalue weighted by atomic mass is 35.5. The number of hydrogen-bond acceptors (Lipinski definition) is 4. The minimum atomic E-state index is -4.71. The number of fused-ring (bicyclic) bond motifs is 1. The maximum atomic E-state index is 14.1. The van der Waals surface area contributed by atoms with E-state index >= 15 is 0 Å². The zero-order valence-electron chi connectivity index (χ0n) is 19.0. The molecule has 0 saturated carbocycles. The highest BCUT2D eigenvalue weighted by molar-refractivity contribution is 6.30. The van der Waals surface area contributed by atoms with Crippen molar-refractivity contribution in [2.45, 2.75) is 24.6 Å². The molecule has 0 aliphatic carbocycles. The van der Waals surface area contributed by atoms with Crippen LogP contribution in [0.25, 0.3) is 0 Å². The number of urea groups is 1. The predicted molar refractivity (Wildman–Crippen MR) is 125 cm³/mol. The summed E-state index contributed by atoms with van der Waals surface area (Å²) in [5, 5.41) is 8.29. The number of ether oxygens (including phenoxy) is 2. The summed E-state index contributed by atoms with van der Waals surface area (Å²) in [6.07, 6.45) is -4.71. The monoisotopic (exact) mass is 555 g/mol. The largest absolute Gasteiger partial charge is 0.469 e. The molecule has 13 heteroatoms. The van der Waals surface area contributed by atoms with Crippen molar-refractivity contribution < 1.29 is 40.6 Å². The molecule has 1 unspecified atom stereocenters. The molecule has 2 heterocycles. The van der Waals surface area contributed by atoms with Gasteiger partial charge in [-0.15, -0.1) is 0 Å². The van der Waals surface area contributed by atoms with E-state index in [1.165, 1.54) is 24.3 Å². The minimum absolute atomic E-state index is 0.0281. The summed E-state index contributed by atoms with van der Waals surface area (Å²) in [7, 11) is 0. The molecule has 3 aromatic carbocycles. The topological polar surface area (TPSA) is 63.2 Å². The molecule has 3 aromatic rings. The zero-order valence-corrected chi connectivity index (χ0v) is 19.7. The lowest BCUT2D eigenvalue weighted by Gasteiger charge is -2.17. The summed E-state index contributed by atoms with van der Waals surface area (Å²) in [6, 6.07) is 14.4. The fourth-order valence-corrected chi connectivity index (χ4v) is 4.27. The van der Waals surface area contributed by atoms with Gasteiger partial charge in [-0.25, -0.2) is 9.80 Å². The molecule has 198 valence electrons. The van der Waals surface area contributed by atoms with Crippen molar-refractivity contribution in [3.63, 3.8) is 0 Å². The number of hydrogen-bond donors (Lipinski definition) is 1. The van der Waals surface area contributed by atoms with Crippen LogP contribution in [0.5, 0.6) is 11.5 Å². The molecule has 0 radical (unpaired) electrons. The number of hydrazone groups is 1. The molecule has 1 N–H and O–H groups in total. The highest BCUT2D eigenvalue weighted by Crippen LogP contribution is 2.53. The molecule has 2 aliphatic rings. The number of amides is 2. The van der Waals surface area contributed by atoms with E-state index in [1.807, 2.05) is 0 Å². The Bertz CT molecular complexity index is 1400. The van der Waals surface area contributed by atoms with E-state index in [-0.39, 0.29) is 18.0 Å². The number of carbonyl (C=O) groups excluding carboxylic acids is 1. The van der Waals surface area contributed by atoms with Crippen molar-refractivity contribution in [3.8, 4) is 11.5 Å². The van der Waals surface area contributed by atoms with Crippen LogP contribution in [0.2, 0.25) is 5.02 Å². The molecule has 38 heavy (non-hydrogen) atoms. The third-order valence-corrected chi connectivity index (χ3v) is 6.22. The van der Waals surface area contributed by atoms with Crippen LogP contribution in [0.15, 0.2) is 71.8 Å². The second-order valence-electron chi connectivity index (χ2n) is 8.41. The van der Waals surface area contributed by atoms with E-state index in [0.29, 0.717) is 22.4 Å². The lowest BCUT2D eigenvalue weighted by molar-refractivity contribution is -0.296. The van der Waals surface area contributed by atoms with Gasteiger partial charge in [-0.2, -0.15) is 31.4 Å². The van der Waals surface area contributed by atoms with E-state index in [4.69, 9.17) is 11.6 Å². The van der Waals surface area contributed by atoms with Crippen molar-refractivity contribution in [2.24, 2.45) is 5.10 Å². The average molecular weight is 556 g/mol. The Morgan fingerprint density at radius 1 is 1.05 bits per heavy atom. The van der Waals surface area contributed by atoms with Crippen LogP contribution >= 0.6 is 11.6 Å². The van der Waals surface area contributed by atoms with Crippen molar-refractivity contribution in [2.75, 3.05) is 11.9 Å². The number of anilines is 1. The van der Waals surface area contributed by atoms with Crippen molar-refractivity contribution in [3.05, 3.63) is 88.4 Å². The lowest BCUT2D eigenvalue weighted by Crippen LogP contribution is -2.37. The summed E-state index contributed by atoms with van der Waals surface area (Å²) in [5.74, 6) is -5.80. The number of nitrogens with zero attached hydrogens (tertiary/aromatic N) is 2. The number of rotatable bonds is 5. The molecular weight excluding hydrogens is 540 g/mol. The number of benzene rings is 3. The summed E-state index contributed by atoms with van der Waals surface area (Å²) < 4.78 is 88.6. The molecule has 6 nitrogen and oxygen atoms in total. The Morgan fingerprint density at radius 3 is 2.39 bits per heavy atom. The standard InChI is InChI=1S/C25H16ClF6N3O3/c26-15-5-1-13(2-6-15)18-12-35(34-21(18)14-3-8-17(9-4-14)37-22(27)28)23(36)33-16-7-10-20-19(11-16)24(29,30)25(31,32)38-20/h1-11,18,22H,12H2,(H,33,36). The number of alkyl halides is 6. The average Bonchev–Trinajstić information content (AvgIpc) is 3.37. The third-order valence-electron chi connectivity index (χ3n) is 5.97. The Hall–Kier alpha value is -3.93. The quantitative estimate of drug-likeness (QED) is 0.343. The van der Waals surface area contributed by atoms with Gasteiger partial charge in [0.2, 0.25) is 0 Å². The van der Waals surface area contributed by atoms with Crippen molar-refractivity contribution in [1.82, 2.24) is 5.01 Å². The second kappa shape index (κ2) is 9.43. The first-order valence-electron chi connectivity index (χ1n) is 11.0. The molecule has 0 aromatic heterocycles. The summed E-state index contributed by atoms with van der Waals surface area (Å²) in [6.45, 7) is -2.97. The second-order valence-corrected chi connectivity index (χ2v) is 8.85. The molecule has 1 atom stereocenters. The maximum Gasteiger partial charge on any atom is 0.469 e. The van der Waals surface area contributed by atoms with Crippen LogP contribution < -0.4 is 14.8 Å². The van der Waals surface area contributed by atoms with E-state index in [9.17, 15) is 31.1 Å². The van der Waals surface area contributed by atoms with Gasteiger partial charge in [0, 0.05) is 16.6 Å². The number of nitrogens with one attached hydrogen (secondary N) is 1. The van der Waals surface area contributed by atoms with E-state index in [2.05, 4.69) is 19.9 Å². The van der Waals surface area contributed by atoms with Crippen LogP contribution in [0.4, 0.5) is 36.8 Å². The van der Waals surface area contributed by atoms with E-state index in [1.54, 1.807) is 24.3 Å². The van der Waals surface area contributed by atoms with Crippen LogP contribution in [0, 0.1) is 0 Å². The highest BCUT2D eigenvalue weighted by Gasteiger charge is 2.66. The smallest absolute Gasteiger partial charge is 0.435 e. The van der Waals surface area contributed by atoms with Crippen molar-refractivity contribution >= 4 is 29.0 Å². The van der Waals surface area contributed by atoms with Crippen LogP contribution in [-0.4, -0.2) is 36.0 Å². The molecule has 2 aliphatic heterocycles. The predicted octanol–water partition coefficient (Wildman–Crippen LogP) is 7.05. The van der Waals surface area contributed by atoms with Gasteiger partial charge in [0.25, 0.3) is 0 Å². The zero-order chi connectivity index (χ0) is 27.2. The number of halogens is 7. The van der Waals surface area contributed by atoms with Crippen LogP contribution in [0.1, 0.15) is 22.6 Å². The van der Waals surface area contributed by atoms with Crippen LogP contribution in [-0.2, 0) is 5.92 Å². The Morgan fingerprint density at radius 2 is 1.74 bits per heavy atom. The van der Waals surface area contributed by atoms with Gasteiger partial charge in [0.15, 0.2) is 0 Å². The minimum Gasteiger partial charge on any atom is -0.435 e. The van der Waals surface area contributed by atoms with Gasteiger partial charge in [-0.05, 0) is 65.7 Å². The Labute approximate surface area is 216 Å². The first-order chi connectivity index (χ1) is 17.9. The Balaban J connectivity index is 1.41. The molecule has 0 spiro atoms.